The second-order valence-corrected chi connectivity index (χ2v) is 7.49. The number of fused-ring (bicyclic) bond motifs is 1. The van der Waals surface area contributed by atoms with E-state index in [-0.39, 0.29) is 11.9 Å². The van der Waals surface area contributed by atoms with E-state index in [0.29, 0.717) is 5.75 Å². The number of carbonyl (C=O) groups excluding carboxylic acids is 1. The molecule has 3 aromatic rings. The van der Waals surface area contributed by atoms with Crippen LogP contribution in [0.25, 0.3) is 11.0 Å². The molecule has 136 valence electrons. The van der Waals surface area contributed by atoms with Crippen molar-refractivity contribution in [3.8, 4) is 0 Å². The molecule has 0 saturated carbocycles. The molecule has 0 fully saturated rings. The van der Waals surface area contributed by atoms with E-state index in [9.17, 15) is 4.79 Å². The third-order valence-corrected chi connectivity index (χ3v) is 5.65. The number of carbonyl (C=O) groups is 1. The van der Waals surface area contributed by atoms with E-state index in [1.54, 1.807) is 0 Å². The van der Waals surface area contributed by atoms with Gasteiger partial charge in [-0.1, -0.05) is 42.1 Å². The minimum atomic E-state index is -0.00704. The molecule has 1 heterocycles. The molecule has 0 aliphatic heterocycles. The van der Waals surface area contributed by atoms with Crippen molar-refractivity contribution in [2.24, 2.45) is 0 Å². The molecule has 2 aromatic carbocycles. The fourth-order valence-corrected chi connectivity index (χ4v) is 3.89. The highest BCUT2D eigenvalue weighted by Crippen LogP contribution is 2.24. The highest BCUT2D eigenvalue weighted by atomic mass is 32.2. The monoisotopic (exact) mass is 367 g/mol. The minimum absolute atomic E-state index is 0.00704. The summed E-state index contributed by atoms with van der Waals surface area (Å²) in [6.07, 6.45) is 0. The Hall–Kier alpha value is -2.27. The molecular formula is C21H25N3OS. The Kier molecular flexibility index (Phi) is 5.67. The van der Waals surface area contributed by atoms with Crippen LogP contribution in [-0.4, -0.2) is 21.2 Å². The average Bonchev–Trinajstić information content (AvgIpc) is 2.99. The molecule has 0 aliphatic rings. The average molecular weight is 368 g/mol. The Balaban J connectivity index is 1.64. The van der Waals surface area contributed by atoms with Gasteiger partial charge in [0.2, 0.25) is 5.91 Å². The third kappa shape index (κ3) is 3.93. The number of aryl methyl sites for hydroxylation is 3. The van der Waals surface area contributed by atoms with Crippen molar-refractivity contribution in [2.45, 2.75) is 45.4 Å². The summed E-state index contributed by atoms with van der Waals surface area (Å²) >= 11 is 1.49. The van der Waals surface area contributed by atoms with Crippen molar-refractivity contribution in [1.82, 2.24) is 14.9 Å². The van der Waals surface area contributed by atoms with E-state index in [2.05, 4.69) is 59.9 Å². The van der Waals surface area contributed by atoms with Crippen molar-refractivity contribution in [1.29, 1.82) is 0 Å². The maximum atomic E-state index is 12.4. The first kappa shape index (κ1) is 18.5. The molecule has 0 spiro atoms. The lowest BCUT2D eigenvalue weighted by atomic mass is 10.0. The largest absolute Gasteiger partial charge is 0.349 e. The van der Waals surface area contributed by atoms with Gasteiger partial charge in [0.15, 0.2) is 5.16 Å². The number of amides is 1. The van der Waals surface area contributed by atoms with Crippen LogP contribution in [0.2, 0.25) is 0 Å². The number of imidazole rings is 1. The van der Waals surface area contributed by atoms with Crippen LogP contribution in [0.5, 0.6) is 0 Å². The number of aromatic nitrogens is 2. The molecule has 1 N–H and O–H groups in total. The van der Waals surface area contributed by atoms with Crippen molar-refractivity contribution >= 4 is 28.7 Å². The van der Waals surface area contributed by atoms with Crippen LogP contribution in [-0.2, 0) is 11.3 Å². The Bertz CT molecular complexity index is 932. The number of rotatable bonds is 6. The van der Waals surface area contributed by atoms with E-state index in [0.717, 1.165) is 28.3 Å². The van der Waals surface area contributed by atoms with Crippen LogP contribution in [0.15, 0.2) is 47.6 Å². The Morgan fingerprint density at radius 3 is 2.69 bits per heavy atom. The van der Waals surface area contributed by atoms with Gasteiger partial charge in [-0.05, 0) is 56.5 Å². The normalized spacial score (nSPS) is 12.3. The predicted octanol–water partition coefficient (Wildman–Crippen LogP) is 4.64. The molecule has 5 heteroatoms. The smallest absolute Gasteiger partial charge is 0.230 e. The predicted molar refractivity (Wildman–Crippen MR) is 109 cm³/mol. The highest BCUT2D eigenvalue weighted by Gasteiger charge is 2.14. The number of hydrogen-bond donors (Lipinski definition) is 1. The topological polar surface area (TPSA) is 46.9 Å². The van der Waals surface area contributed by atoms with Crippen molar-refractivity contribution in [3.63, 3.8) is 0 Å². The van der Waals surface area contributed by atoms with E-state index >= 15 is 0 Å². The standard InChI is InChI=1S/C21H25N3OS/c1-5-24-19-9-7-6-8-18(19)23-21(24)26-13-20(25)22-16(4)17-11-10-14(2)15(3)12-17/h6-12,16H,5,13H2,1-4H3,(H,22,25)/t16-/m1/s1. The SMILES string of the molecule is CCn1c(SCC(=O)N[C@H](C)c2ccc(C)c(C)c2)nc2ccccc21. The van der Waals surface area contributed by atoms with Crippen molar-refractivity contribution in [3.05, 3.63) is 59.2 Å². The van der Waals surface area contributed by atoms with Crippen LogP contribution in [0.4, 0.5) is 0 Å². The Morgan fingerprint density at radius 2 is 1.96 bits per heavy atom. The summed E-state index contributed by atoms with van der Waals surface area (Å²) in [5, 5.41) is 3.98. The lowest BCUT2D eigenvalue weighted by molar-refractivity contribution is -0.119. The molecule has 0 unspecified atom stereocenters. The first-order chi connectivity index (χ1) is 12.5. The van der Waals surface area contributed by atoms with Gasteiger partial charge in [0, 0.05) is 6.54 Å². The number of benzene rings is 2. The molecule has 0 aliphatic carbocycles. The second kappa shape index (κ2) is 7.96. The number of nitrogens with zero attached hydrogens (tertiary/aromatic N) is 2. The number of nitrogens with one attached hydrogen (secondary N) is 1. The van der Waals surface area contributed by atoms with E-state index in [1.165, 1.54) is 22.9 Å². The molecule has 1 atom stereocenters. The fourth-order valence-electron chi connectivity index (χ4n) is 3.00. The molecule has 26 heavy (non-hydrogen) atoms. The number of hydrogen-bond acceptors (Lipinski definition) is 3. The molecule has 0 radical (unpaired) electrons. The van der Waals surface area contributed by atoms with Gasteiger partial charge in [0.05, 0.1) is 22.8 Å². The van der Waals surface area contributed by atoms with Gasteiger partial charge in [0.1, 0.15) is 0 Å². The second-order valence-electron chi connectivity index (χ2n) is 6.55. The fraction of sp³-hybridized carbons (Fsp3) is 0.333. The Labute approximate surface area is 159 Å². The lowest BCUT2D eigenvalue weighted by Gasteiger charge is -2.15. The van der Waals surface area contributed by atoms with Crippen molar-refractivity contribution in [2.75, 3.05) is 5.75 Å². The van der Waals surface area contributed by atoms with Crippen LogP contribution >= 0.6 is 11.8 Å². The van der Waals surface area contributed by atoms with Gasteiger partial charge in [-0.2, -0.15) is 0 Å². The van der Waals surface area contributed by atoms with Crippen LogP contribution in [0.3, 0.4) is 0 Å². The highest BCUT2D eigenvalue weighted by molar-refractivity contribution is 7.99. The molecule has 1 amide bonds. The quantitative estimate of drug-likeness (QED) is 0.646. The number of thioether (sulfide) groups is 1. The summed E-state index contributed by atoms with van der Waals surface area (Å²) in [6, 6.07) is 14.4. The zero-order valence-electron chi connectivity index (χ0n) is 15.7. The summed E-state index contributed by atoms with van der Waals surface area (Å²) in [7, 11) is 0. The zero-order valence-corrected chi connectivity index (χ0v) is 16.6. The Morgan fingerprint density at radius 1 is 1.19 bits per heavy atom. The number of para-hydroxylation sites is 2. The first-order valence-corrected chi connectivity index (χ1v) is 9.92. The summed E-state index contributed by atoms with van der Waals surface area (Å²) < 4.78 is 2.15. The summed E-state index contributed by atoms with van der Waals surface area (Å²) in [6.45, 7) is 9.15. The summed E-state index contributed by atoms with van der Waals surface area (Å²) in [5.41, 5.74) is 5.73. The molecule has 0 bridgehead atoms. The maximum Gasteiger partial charge on any atom is 0.230 e. The van der Waals surface area contributed by atoms with Gasteiger partial charge in [-0.3, -0.25) is 4.79 Å². The van der Waals surface area contributed by atoms with Gasteiger partial charge in [-0.25, -0.2) is 4.98 Å². The third-order valence-electron chi connectivity index (χ3n) is 4.68. The molecule has 1 aromatic heterocycles. The van der Waals surface area contributed by atoms with Gasteiger partial charge in [0.25, 0.3) is 0 Å². The van der Waals surface area contributed by atoms with Crippen LogP contribution < -0.4 is 5.32 Å². The minimum Gasteiger partial charge on any atom is -0.349 e. The van der Waals surface area contributed by atoms with Gasteiger partial charge < -0.3 is 9.88 Å². The van der Waals surface area contributed by atoms with E-state index in [1.807, 2.05) is 25.1 Å². The van der Waals surface area contributed by atoms with Gasteiger partial charge >= 0.3 is 0 Å². The zero-order chi connectivity index (χ0) is 18.7. The molecule has 0 saturated heterocycles. The van der Waals surface area contributed by atoms with Crippen LogP contribution in [0, 0.1) is 13.8 Å². The van der Waals surface area contributed by atoms with E-state index in [4.69, 9.17) is 0 Å². The van der Waals surface area contributed by atoms with E-state index < -0.39 is 0 Å². The maximum absolute atomic E-state index is 12.4. The van der Waals surface area contributed by atoms with Crippen molar-refractivity contribution < 1.29 is 4.79 Å². The first-order valence-electron chi connectivity index (χ1n) is 8.94. The lowest BCUT2D eigenvalue weighted by Crippen LogP contribution is -2.28. The molecule has 3 rings (SSSR count). The molecule has 4 nitrogen and oxygen atoms in total. The summed E-state index contributed by atoms with van der Waals surface area (Å²) in [4.78, 5) is 17.1. The molecular weight excluding hydrogens is 342 g/mol. The van der Waals surface area contributed by atoms with Gasteiger partial charge in [-0.15, -0.1) is 0 Å². The summed E-state index contributed by atoms with van der Waals surface area (Å²) in [5.74, 6) is 0.383. The van der Waals surface area contributed by atoms with Crippen LogP contribution in [0.1, 0.15) is 36.6 Å².